The van der Waals surface area contributed by atoms with Crippen molar-refractivity contribution in [2.75, 3.05) is 0 Å². The highest BCUT2D eigenvalue weighted by Crippen LogP contribution is 2.33. The molecule has 0 saturated carbocycles. The first-order chi connectivity index (χ1) is 13.8. The van der Waals surface area contributed by atoms with Crippen LogP contribution in [0.3, 0.4) is 0 Å². The number of carbonyl (C=O) groups excluding carboxylic acids is 2. The molecular formula is C20H15F3N4O2. The maximum atomic E-state index is 14.2. The van der Waals surface area contributed by atoms with Crippen LogP contribution in [0.1, 0.15) is 12.0 Å². The van der Waals surface area contributed by atoms with E-state index in [9.17, 15) is 22.8 Å². The number of nitrogens with two attached hydrogens (primary N) is 1. The fraction of sp³-hybridized carbons (Fsp3) is 0.150. The Bertz CT molecular complexity index is 1130. The Morgan fingerprint density at radius 1 is 1.14 bits per heavy atom. The van der Waals surface area contributed by atoms with Crippen molar-refractivity contribution >= 4 is 22.7 Å². The van der Waals surface area contributed by atoms with Gasteiger partial charge in [-0.25, -0.2) is 13.2 Å². The molecule has 4 N–H and O–H groups in total. The number of aromatic nitrogens is 1. The summed E-state index contributed by atoms with van der Waals surface area (Å²) >= 11 is 0. The molecule has 0 fully saturated rings. The highest BCUT2D eigenvalue weighted by Gasteiger charge is 2.20. The summed E-state index contributed by atoms with van der Waals surface area (Å²) in [6.45, 7) is 0. The van der Waals surface area contributed by atoms with Crippen LogP contribution in [-0.2, 0) is 16.0 Å². The van der Waals surface area contributed by atoms with E-state index in [1.807, 2.05) is 0 Å². The molecule has 1 heterocycles. The molecule has 0 aliphatic carbocycles. The maximum absolute atomic E-state index is 14.2. The Kier molecular flexibility index (Phi) is 5.54. The van der Waals surface area contributed by atoms with E-state index in [0.717, 1.165) is 12.1 Å². The van der Waals surface area contributed by atoms with E-state index in [1.165, 1.54) is 24.3 Å². The number of primary amides is 1. The highest BCUT2D eigenvalue weighted by atomic mass is 19.1. The van der Waals surface area contributed by atoms with Crippen molar-refractivity contribution < 1.29 is 22.8 Å². The van der Waals surface area contributed by atoms with Gasteiger partial charge in [-0.05, 0) is 47.9 Å². The second-order valence-electron chi connectivity index (χ2n) is 6.33. The van der Waals surface area contributed by atoms with Gasteiger partial charge < -0.3 is 16.0 Å². The first-order valence-electron chi connectivity index (χ1n) is 8.54. The molecule has 6 nitrogen and oxygen atoms in total. The normalized spacial score (nSPS) is 11.8. The maximum Gasteiger partial charge on any atom is 0.254 e. The Hall–Kier alpha value is -3.80. The van der Waals surface area contributed by atoms with Gasteiger partial charge in [0.25, 0.3) is 5.91 Å². The first-order valence-corrected chi connectivity index (χ1v) is 8.54. The van der Waals surface area contributed by atoms with Crippen molar-refractivity contribution in [3.8, 4) is 17.3 Å². The number of aromatic amines is 1. The molecule has 0 saturated heterocycles. The molecule has 0 bridgehead atoms. The van der Waals surface area contributed by atoms with E-state index in [1.54, 1.807) is 6.07 Å². The minimum absolute atomic E-state index is 0.0400. The lowest BCUT2D eigenvalue weighted by Gasteiger charge is -2.09. The monoisotopic (exact) mass is 400 g/mol. The van der Waals surface area contributed by atoms with Crippen LogP contribution in [-0.4, -0.2) is 22.8 Å². The van der Waals surface area contributed by atoms with Gasteiger partial charge in [0.15, 0.2) is 6.04 Å². The molecule has 0 radical (unpaired) electrons. The van der Waals surface area contributed by atoms with E-state index in [0.29, 0.717) is 16.8 Å². The van der Waals surface area contributed by atoms with Crippen LogP contribution in [0, 0.1) is 28.8 Å². The third kappa shape index (κ3) is 4.21. The zero-order chi connectivity index (χ0) is 21.1. The number of amides is 2. The van der Waals surface area contributed by atoms with Crippen LogP contribution >= 0.6 is 0 Å². The van der Waals surface area contributed by atoms with Crippen LogP contribution in [0.4, 0.5) is 13.2 Å². The predicted molar refractivity (Wildman–Crippen MR) is 98.7 cm³/mol. The molecule has 1 aromatic heterocycles. The molecule has 29 heavy (non-hydrogen) atoms. The van der Waals surface area contributed by atoms with Crippen molar-refractivity contribution in [2.24, 2.45) is 5.73 Å². The van der Waals surface area contributed by atoms with Gasteiger partial charge in [0.2, 0.25) is 5.91 Å². The summed E-state index contributed by atoms with van der Waals surface area (Å²) in [6, 6.07) is 7.34. The lowest BCUT2D eigenvalue weighted by atomic mass is 10.0. The summed E-state index contributed by atoms with van der Waals surface area (Å²) in [6.07, 6.45) is -0.136. The second kappa shape index (κ2) is 8.06. The molecule has 1 atom stereocenters. The summed E-state index contributed by atoms with van der Waals surface area (Å²) < 4.78 is 41.3. The van der Waals surface area contributed by atoms with Crippen LogP contribution in [0.25, 0.3) is 22.2 Å². The molecule has 3 aromatic rings. The number of nitrogens with zero attached hydrogens (tertiary/aromatic N) is 1. The first kappa shape index (κ1) is 19.9. The molecule has 1 unspecified atom stereocenters. The SMILES string of the molecule is N#CC(NC(=O)CCc1c(-c2ccc(F)cc2)[nH]c2c(F)cc(F)cc12)C(N)=O. The lowest BCUT2D eigenvalue weighted by Crippen LogP contribution is -2.43. The molecule has 3 rings (SSSR count). The van der Waals surface area contributed by atoms with Gasteiger partial charge >= 0.3 is 0 Å². The summed E-state index contributed by atoms with van der Waals surface area (Å²) in [7, 11) is 0. The van der Waals surface area contributed by atoms with Crippen molar-refractivity contribution in [3.05, 3.63) is 59.4 Å². The van der Waals surface area contributed by atoms with Gasteiger partial charge in [0.1, 0.15) is 17.5 Å². The number of nitrogens with one attached hydrogen (secondary N) is 2. The zero-order valence-corrected chi connectivity index (χ0v) is 14.9. The fourth-order valence-electron chi connectivity index (χ4n) is 3.04. The van der Waals surface area contributed by atoms with Crippen molar-refractivity contribution in [3.63, 3.8) is 0 Å². The number of H-pyrrole nitrogens is 1. The van der Waals surface area contributed by atoms with E-state index in [-0.39, 0.29) is 23.7 Å². The molecule has 9 heteroatoms. The standard InChI is InChI=1S/C20H15F3N4O2/c21-11-3-1-10(2-4-11)18-13(5-6-17(28)26-16(9-24)20(25)29)14-7-12(22)8-15(23)19(14)27-18/h1-4,7-8,16,27H,5-6H2,(H2,25,29)(H,26,28). The number of hydrogen-bond donors (Lipinski definition) is 3. The number of benzene rings is 2. The third-order valence-electron chi connectivity index (χ3n) is 4.39. The smallest absolute Gasteiger partial charge is 0.254 e. The quantitative estimate of drug-likeness (QED) is 0.591. The molecule has 0 aliphatic heterocycles. The Labute approximate surface area is 163 Å². The number of halogens is 3. The van der Waals surface area contributed by atoms with Crippen LogP contribution in [0.2, 0.25) is 0 Å². The van der Waals surface area contributed by atoms with Crippen molar-refractivity contribution in [2.45, 2.75) is 18.9 Å². The average molecular weight is 400 g/mol. The minimum atomic E-state index is -1.48. The van der Waals surface area contributed by atoms with Gasteiger partial charge in [-0.2, -0.15) is 5.26 Å². The Morgan fingerprint density at radius 3 is 2.45 bits per heavy atom. The Morgan fingerprint density at radius 2 is 1.83 bits per heavy atom. The predicted octanol–water partition coefficient (Wildman–Crippen LogP) is 2.68. The summed E-state index contributed by atoms with van der Waals surface area (Å²) in [5.74, 6) is -3.69. The lowest BCUT2D eigenvalue weighted by molar-refractivity contribution is -0.126. The van der Waals surface area contributed by atoms with Gasteiger partial charge in [-0.3, -0.25) is 9.59 Å². The summed E-state index contributed by atoms with van der Waals surface area (Å²) in [5, 5.41) is 11.3. The second-order valence-corrected chi connectivity index (χ2v) is 6.33. The summed E-state index contributed by atoms with van der Waals surface area (Å²) in [4.78, 5) is 26.0. The number of fused-ring (bicyclic) bond motifs is 1. The van der Waals surface area contributed by atoms with E-state index in [4.69, 9.17) is 11.0 Å². The molecule has 0 spiro atoms. The number of carbonyl (C=O) groups is 2. The highest BCUT2D eigenvalue weighted by molar-refractivity contribution is 5.92. The third-order valence-corrected chi connectivity index (χ3v) is 4.39. The van der Waals surface area contributed by atoms with Gasteiger partial charge in [0, 0.05) is 23.6 Å². The summed E-state index contributed by atoms with van der Waals surface area (Å²) in [5.41, 5.74) is 6.42. The molecule has 2 amide bonds. The number of hydrogen-bond acceptors (Lipinski definition) is 3. The fourth-order valence-corrected chi connectivity index (χ4v) is 3.04. The van der Waals surface area contributed by atoms with Gasteiger partial charge in [0.05, 0.1) is 11.6 Å². The Balaban J connectivity index is 1.98. The van der Waals surface area contributed by atoms with E-state index < -0.39 is 35.3 Å². The van der Waals surface area contributed by atoms with E-state index >= 15 is 0 Å². The topological polar surface area (TPSA) is 112 Å². The molecule has 148 valence electrons. The van der Waals surface area contributed by atoms with Crippen LogP contribution in [0.5, 0.6) is 0 Å². The van der Waals surface area contributed by atoms with Crippen LogP contribution < -0.4 is 11.1 Å². The minimum Gasteiger partial charge on any atom is -0.367 e. The largest absolute Gasteiger partial charge is 0.367 e. The number of rotatable bonds is 6. The van der Waals surface area contributed by atoms with Crippen LogP contribution in [0.15, 0.2) is 36.4 Å². The number of nitriles is 1. The molecule has 0 aliphatic rings. The van der Waals surface area contributed by atoms with Crippen molar-refractivity contribution in [1.82, 2.24) is 10.3 Å². The number of aryl methyl sites for hydroxylation is 1. The molecule has 2 aromatic carbocycles. The van der Waals surface area contributed by atoms with Gasteiger partial charge in [-0.1, -0.05) is 0 Å². The van der Waals surface area contributed by atoms with Gasteiger partial charge in [-0.15, -0.1) is 0 Å². The zero-order valence-electron chi connectivity index (χ0n) is 14.9. The van der Waals surface area contributed by atoms with E-state index in [2.05, 4.69) is 10.3 Å². The average Bonchev–Trinajstić information content (AvgIpc) is 3.03. The molecular weight excluding hydrogens is 385 g/mol. The van der Waals surface area contributed by atoms with Crippen molar-refractivity contribution in [1.29, 1.82) is 5.26 Å².